The van der Waals surface area contributed by atoms with Gasteiger partial charge in [0.2, 0.25) is 0 Å². The molecule has 0 spiro atoms. The second-order valence-corrected chi connectivity index (χ2v) is 4.86. The van der Waals surface area contributed by atoms with E-state index in [2.05, 4.69) is 4.74 Å². The molecule has 0 fully saturated rings. The van der Waals surface area contributed by atoms with Gasteiger partial charge in [0.05, 0.1) is 12.7 Å². The Morgan fingerprint density at radius 3 is 2.32 bits per heavy atom. The quantitative estimate of drug-likeness (QED) is 0.816. The number of hydrogen-bond donors (Lipinski definition) is 0. The van der Waals surface area contributed by atoms with Gasteiger partial charge in [0.1, 0.15) is 5.82 Å². The highest BCUT2D eigenvalue weighted by Crippen LogP contribution is 2.11. The second-order valence-electron chi connectivity index (χ2n) is 4.86. The molecular weight excluding hydrogens is 285 g/mol. The van der Waals surface area contributed by atoms with Gasteiger partial charge in [0.15, 0.2) is 0 Å². The average molecular weight is 301 g/mol. The van der Waals surface area contributed by atoms with E-state index >= 15 is 0 Å². The van der Waals surface area contributed by atoms with E-state index < -0.39 is 5.97 Å². The SMILES string of the molecule is COC(=O)c1ccc(C(=O)N(C)Cc2cccc(F)c2)cc1. The van der Waals surface area contributed by atoms with E-state index in [0.717, 1.165) is 0 Å². The molecule has 2 aromatic rings. The Kier molecular flexibility index (Phi) is 4.88. The van der Waals surface area contributed by atoms with E-state index in [1.54, 1.807) is 31.3 Å². The van der Waals surface area contributed by atoms with Crippen LogP contribution in [0.25, 0.3) is 0 Å². The lowest BCUT2D eigenvalue weighted by Gasteiger charge is -2.17. The van der Waals surface area contributed by atoms with Crippen molar-refractivity contribution in [1.82, 2.24) is 4.90 Å². The molecule has 4 nitrogen and oxygen atoms in total. The summed E-state index contributed by atoms with van der Waals surface area (Å²) >= 11 is 0. The van der Waals surface area contributed by atoms with Crippen LogP contribution in [-0.4, -0.2) is 30.9 Å². The Morgan fingerprint density at radius 1 is 1.09 bits per heavy atom. The maximum atomic E-state index is 13.1. The zero-order chi connectivity index (χ0) is 16.1. The van der Waals surface area contributed by atoms with Gasteiger partial charge in [-0.05, 0) is 42.0 Å². The average Bonchev–Trinajstić information content (AvgIpc) is 2.53. The topological polar surface area (TPSA) is 46.6 Å². The van der Waals surface area contributed by atoms with Crippen LogP contribution in [-0.2, 0) is 11.3 Å². The summed E-state index contributed by atoms with van der Waals surface area (Å²) < 4.78 is 17.8. The van der Waals surface area contributed by atoms with Gasteiger partial charge in [-0.25, -0.2) is 9.18 Å². The summed E-state index contributed by atoms with van der Waals surface area (Å²) in [7, 11) is 2.94. The number of rotatable bonds is 4. The first-order chi connectivity index (χ1) is 10.5. The summed E-state index contributed by atoms with van der Waals surface area (Å²) in [6.45, 7) is 0.301. The molecule has 0 heterocycles. The fourth-order valence-electron chi connectivity index (χ4n) is 2.07. The molecule has 0 aliphatic carbocycles. The van der Waals surface area contributed by atoms with E-state index in [9.17, 15) is 14.0 Å². The number of amides is 1. The second kappa shape index (κ2) is 6.85. The van der Waals surface area contributed by atoms with Gasteiger partial charge >= 0.3 is 5.97 Å². The summed E-state index contributed by atoms with van der Waals surface area (Å²) in [5.41, 5.74) is 1.54. The molecule has 5 heteroatoms. The number of hydrogen-bond acceptors (Lipinski definition) is 3. The molecule has 0 radical (unpaired) electrons. The Morgan fingerprint density at radius 2 is 1.73 bits per heavy atom. The summed E-state index contributed by atoms with van der Waals surface area (Å²) in [5, 5.41) is 0. The number of halogens is 1. The highest BCUT2D eigenvalue weighted by molar-refractivity contribution is 5.96. The lowest BCUT2D eigenvalue weighted by molar-refractivity contribution is 0.0600. The molecule has 0 N–H and O–H groups in total. The number of nitrogens with zero attached hydrogens (tertiary/aromatic N) is 1. The predicted octanol–water partition coefficient (Wildman–Crippen LogP) is 2.88. The maximum absolute atomic E-state index is 13.1. The third kappa shape index (κ3) is 3.69. The van der Waals surface area contributed by atoms with Gasteiger partial charge in [-0.15, -0.1) is 0 Å². The molecule has 2 rings (SSSR count). The molecule has 0 aromatic heterocycles. The first-order valence-corrected chi connectivity index (χ1v) is 6.69. The molecule has 0 saturated carbocycles. The first kappa shape index (κ1) is 15.7. The maximum Gasteiger partial charge on any atom is 0.337 e. The van der Waals surface area contributed by atoms with E-state index in [1.807, 2.05) is 0 Å². The number of esters is 1. The van der Waals surface area contributed by atoms with Crippen molar-refractivity contribution >= 4 is 11.9 Å². The zero-order valence-electron chi connectivity index (χ0n) is 12.4. The minimum Gasteiger partial charge on any atom is -0.465 e. The van der Waals surface area contributed by atoms with Crippen molar-refractivity contribution < 1.29 is 18.7 Å². The molecule has 1 amide bonds. The fraction of sp³-hybridized carbons (Fsp3) is 0.176. The van der Waals surface area contributed by atoms with Crippen LogP contribution < -0.4 is 0 Å². The van der Waals surface area contributed by atoms with Crippen LogP contribution in [0.5, 0.6) is 0 Å². The lowest BCUT2D eigenvalue weighted by atomic mass is 10.1. The number of carbonyl (C=O) groups is 2. The monoisotopic (exact) mass is 301 g/mol. The highest BCUT2D eigenvalue weighted by atomic mass is 19.1. The minimum absolute atomic E-state index is 0.208. The highest BCUT2D eigenvalue weighted by Gasteiger charge is 2.13. The van der Waals surface area contributed by atoms with Gasteiger partial charge in [0, 0.05) is 19.2 Å². The molecule has 0 aliphatic heterocycles. The van der Waals surface area contributed by atoms with E-state index in [4.69, 9.17) is 0 Å². The lowest BCUT2D eigenvalue weighted by Crippen LogP contribution is -2.26. The summed E-state index contributed by atoms with van der Waals surface area (Å²) in [6, 6.07) is 12.3. The molecule has 114 valence electrons. The molecule has 2 aromatic carbocycles. The summed E-state index contributed by atoms with van der Waals surface area (Å²) in [6.07, 6.45) is 0. The molecule has 0 unspecified atom stereocenters. The van der Waals surface area contributed by atoms with Crippen molar-refractivity contribution in [3.8, 4) is 0 Å². The molecule has 0 atom stereocenters. The molecule has 0 saturated heterocycles. The van der Waals surface area contributed by atoms with Crippen LogP contribution in [0.4, 0.5) is 4.39 Å². The van der Waals surface area contributed by atoms with Crippen LogP contribution in [0.1, 0.15) is 26.3 Å². The zero-order valence-corrected chi connectivity index (χ0v) is 12.4. The minimum atomic E-state index is -0.452. The smallest absolute Gasteiger partial charge is 0.337 e. The van der Waals surface area contributed by atoms with Crippen molar-refractivity contribution in [3.63, 3.8) is 0 Å². The fourth-order valence-corrected chi connectivity index (χ4v) is 2.07. The van der Waals surface area contributed by atoms with Crippen LogP contribution >= 0.6 is 0 Å². The summed E-state index contributed by atoms with van der Waals surface area (Å²) in [4.78, 5) is 25.1. The van der Waals surface area contributed by atoms with Crippen molar-refractivity contribution in [2.45, 2.75) is 6.54 Å². The van der Waals surface area contributed by atoms with Gasteiger partial charge in [-0.1, -0.05) is 12.1 Å². The Labute approximate surface area is 128 Å². The first-order valence-electron chi connectivity index (χ1n) is 6.69. The van der Waals surface area contributed by atoms with Crippen molar-refractivity contribution in [3.05, 3.63) is 71.0 Å². The van der Waals surface area contributed by atoms with Crippen molar-refractivity contribution in [2.24, 2.45) is 0 Å². The van der Waals surface area contributed by atoms with E-state index in [-0.39, 0.29) is 11.7 Å². The molecule has 22 heavy (non-hydrogen) atoms. The van der Waals surface area contributed by atoms with Gasteiger partial charge in [-0.3, -0.25) is 4.79 Å². The van der Waals surface area contributed by atoms with Crippen LogP contribution in [0.3, 0.4) is 0 Å². The normalized spacial score (nSPS) is 10.1. The van der Waals surface area contributed by atoms with Crippen LogP contribution in [0.2, 0.25) is 0 Å². The third-order valence-electron chi connectivity index (χ3n) is 3.21. The molecule has 0 bridgehead atoms. The van der Waals surface area contributed by atoms with Crippen molar-refractivity contribution in [2.75, 3.05) is 14.2 Å². The van der Waals surface area contributed by atoms with Gasteiger partial charge in [-0.2, -0.15) is 0 Å². The number of methoxy groups -OCH3 is 1. The van der Waals surface area contributed by atoms with E-state index in [1.165, 1.54) is 36.3 Å². The standard InChI is InChI=1S/C17H16FNO3/c1-19(11-12-4-3-5-15(18)10-12)16(20)13-6-8-14(9-7-13)17(21)22-2/h3-10H,11H2,1-2H3. The van der Waals surface area contributed by atoms with Gasteiger partial charge < -0.3 is 9.64 Å². The van der Waals surface area contributed by atoms with E-state index in [0.29, 0.717) is 23.2 Å². The molecule has 0 aliphatic rings. The number of ether oxygens (including phenoxy) is 1. The van der Waals surface area contributed by atoms with Gasteiger partial charge in [0.25, 0.3) is 5.91 Å². The Bertz CT molecular complexity index is 683. The molecular formula is C17H16FNO3. The summed E-state index contributed by atoms with van der Waals surface area (Å²) in [5.74, 6) is -0.992. The van der Waals surface area contributed by atoms with Crippen LogP contribution in [0.15, 0.2) is 48.5 Å². The number of carbonyl (C=O) groups excluding carboxylic acids is 2. The Hall–Kier alpha value is -2.69. The van der Waals surface area contributed by atoms with Crippen molar-refractivity contribution in [1.29, 1.82) is 0 Å². The van der Waals surface area contributed by atoms with Crippen LogP contribution in [0, 0.1) is 5.82 Å². The Balaban J connectivity index is 2.08. The number of benzene rings is 2. The largest absolute Gasteiger partial charge is 0.465 e. The predicted molar refractivity (Wildman–Crippen MR) is 80.0 cm³/mol. The third-order valence-corrected chi connectivity index (χ3v) is 3.21.